The zero-order valence-electron chi connectivity index (χ0n) is 6.68. The fourth-order valence-electron chi connectivity index (χ4n) is 0.622. The first kappa shape index (κ1) is 12.5. The molecule has 0 bridgehead atoms. The summed E-state index contributed by atoms with van der Waals surface area (Å²) >= 11 is 6.25. The van der Waals surface area contributed by atoms with E-state index in [1.165, 1.54) is 0 Å². The molecule has 1 aromatic carbocycles. The van der Waals surface area contributed by atoms with Crippen molar-refractivity contribution in [3.8, 4) is 0 Å². The third kappa shape index (κ3) is 6.04. The molecule has 0 aliphatic rings. The fourth-order valence-corrected chi connectivity index (χ4v) is 0.622. The molecule has 1 nitrogen and oxygen atoms in total. The number of Topliss-reactive ketones (excluding diaryl/α,β-unsaturated/α-hetero) is 1. The van der Waals surface area contributed by atoms with Gasteiger partial charge in [0.2, 0.25) is 0 Å². The molecule has 0 aromatic heterocycles. The summed E-state index contributed by atoms with van der Waals surface area (Å²) in [5.74, 6) is 0.101. The third-order valence-corrected chi connectivity index (χ3v) is 1.12. The monoisotopic (exact) mass is 341 g/mol. The molecule has 0 fully saturated rings. The molecule has 0 unspecified atom stereocenters. The second-order valence-corrected chi connectivity index (χ2v) is 16.0. The summed E-state index contributed by atoms with van der Waals surface area (Å²) in [6.45, 7) is 1.55. The zero-order chi connectivity index (χ0) is 9.40. The molecule has 0 N–H and O–H groups in total. The normalized spacial score (nSPS) is 7.58. The van der Waals surface area contributed by atoms with E-state index in [1.807, 2.05) is 0 Å². The summed E-state index contributed by atoms with van der Waals surface area (Å²) in [7, 11) is 0. The Labute approximate surface area is 93.2 Å². The van der Waals surface area contributed by atoms with Gasteiger partial charge in [-0.3, -0.25) is 4.79 Å². The maximum atomic E-state index is 10.6. The molecule has 0 saturated carbocycles. The number of benzene rings is 1. The van der Waals surface area contributed by atoms with Crippen molar-refractivity contribution in [2.45, 2.75) is 6.92 Å². The summed E-state index contributed by atoms with van der Waals surface area (Å²) < 4.78 is 0. The molecule has 0 spiro atoms. The van der Waals surface area contributed by atoms with Crippen molar-refractivity contribution in [2.75, 3.05) is 0 Å². The van der Waals surface area contributed by atoms with Crippen LogP contribution in [0.3, 0.4) is 0 Å². The summed E-state index contributed by atoms with van der Waals surface area (Å²) in [6.07, 6.45) is 0. The van der Waals surface area contributed by atoms with Gasteiger partial charge in [0, 0.05) is 5.56 Å². The molecule has 0 heterocycles. The number of ketones is 1. The first-order valence-corrected chi connectivity index (χ1v) is 17.2. The van der Waals surface area contributed by atoms with Gasteiger partial charge in [0.25, 0.3) is 0 Å². The van der Waals surface area contributed by atoms with Gasteiger partial charge in [0.15, 0.2) is 5.78 Å². The fraction of sp³-hybridized carbons (Fsp3) is 0.125. The number of hydrogen-bond donors (Lipinski definition) is 0. The average molecular weight is 344 g/mol. The maximum absolute atomic E-state index is 10.6. The molecule has 1 radical (unpaired) electrons. The van der Waals surface area contributed by atoms with Crippen LogP contribution in [0.25, 0.3) is 0 Å². The first-order chi connectivity index (χ1) is 5.72. The van der Waals surface area contributed by atoms with Gasteiger partial charge in [0.1, 0.15) is 0 Å². The van der Waals surface area contributed by atoms with Gasteiger partial charge in [0.05, 0.1) is 0 Å². The van der Waals surface area contributed by atoms with Gasteiger partial charge in [-0.2, -0.15) is 0 Å². The van der Waals surface area contributed by atoms with E-state index in [0.29, 0.717) is 0 Å². The molecule has 0 saturated heterocycles. The first-order valence-electron chi connectivity index (χ1n) is 3.31. The van der Waals surface area contributed by atoms with Crippen LogP contribution in [0.1, 0.15) is 17.3 Å². The number of carbonyl (C=O) groups is 1. The second-order valence-electron chi connectivity index (χ2n) is 1.95. The van der Waals surface area contributed by atoms with Crippen LogP contribution in [0.2, 0.25) is 0 Å². The molecular weight excluding hydrogens is 337 g/mol. The van der Waals surface area contributed by atoms with Crippen LogP contribution in [-0.2, 0) is 13.2 Å². The summed E-state index contributed by atoms with van der Waals surface area (Å²) in [5.41, 5.74) is 0.744. The Kier molecular flexibility index (Phi) is 8.41. The third-order valence-electron chi connectivity index (χ3n) is 1.12. The number of hydrogen-bond acceptors (Lipinski definition) is 1. The molecular formula is C8H7Br2OZn. The number of rotatable bonds is 1. The van der Waals surface area contributed by atoms with Crippen LogP contribution in [-0.4, -0.2) is 5.78 Å². The Bertz CT molecular complexity index is 226. The van der Waals surface area contributed by atoms with Crippen LogP contribution in [0, 0.1) is 6.07 Å². The van der Waals surface area contributed by atoms with E-state index in [0.717, 1.165) is 5.56 Å². The zero-order valence-corrected chi connectivity index (χ0v) is 12.8. The van der Waals surface area contributed by atoms with Crippen molar-refractivity contribution in [3.05, 3.63) is 35.9 Å². The molecule has 1 rings (SSSR count). The molecule has 0 amide bonds. The van der Waals surface area contributed by atoms with E-state index in [1.54, 1.807) is 31.2 Å². The van der Waals surface area contributed by atoms with E-state index in [9.17, 15) is 4.79 Å². The number of halogens is 2. The van der Waals surface area contributed by atoms with Crippen LogP contribution in [0.15, 0.2) is 24.3 Å². The van der Waals surface area contributed by atoms with Crippen molar-refractivity contribution in [2.24, 2.45) is 0 Å². The molecule has 12 heavy (non-hydrogen) atoms. The molecule has 0 atom stereocenters. The van der Waals surface area contributed by atoms with Crippen molar-refractivity contribution in [1.82, 2.24) is 0 Å². The van der Waals surface area contributed by atoms with E-state index in [2.05, 4.69) is 33.3 Å². The Hall–Kier alpha value is 0.473. The van der Waals surface area contributed by atoms with Gasteiger partial charge >= 0.3 is 40.5 Å². The second kappa shape index (κ2) is 8.09. The Morgan fingerprint density at radius 3 is 2.08 bits per heavy atom. The standard InChI is InChI=1S/C8H7O.2BrH.Zn/c1-7(9)8-5-3-2-4-6-8;;;/h3-6H,1H3;2*1H;/q;;;+2/p-2. The van der Waals surface area contributed by atoms with E-state index in [-0.39, 0.29) is 19.0 Å². The average Bonchev–Trinajstić information content (AvgIpc) is 2.07. The Morgan fingerprint density at radius 1 is 1.42 bits per heavy atom. The van der Waals surface area contributed by atoms with Crippen molar-refractivity contribution in [1.29, 1.82) is 0 Å². The van der Waals surface area contributed by atoms with Crippen LogP contribution >= 0.6 is 27.2 Å². The summed E-state index contributed by atoms with van der Waals surface area (Å²) in [5, 5.41) is 0. The predicted molar refractivity (Wildman–Crippen MR) is 53.1 cm³/mol. The van der Waals surface area contributed by atoms with Gasteiger partial charge in [-0.25, -0.2) is 0 Å². The van der Waals surface area contributed by atoms with Crippen LogP contribution in [0.4, 0.5) is 0 Å². The minimum absolute atomic E-state index is 0.101. The minimum atomic E-state index is -0.250. The number of carbonyl (C=O) groups excluding carboxylic acids is 1. The summed E-state index contributed by atoms with van der Waals surface area (Å²) in [4.78, 5) is 10.6. The van der Waals surface area contributed by atoms with Crippen molar-refractivity contribution >= 4 is 33.0 Å². The van der Waals surface area contributed by atoms with Gasteiger partial charge < -0.3 is 0 Å². The van der Waals surface area contributed by atoms with Gasteiger partial charge in [-0.05, 0) is 13.0 Å². The SMILES string of the molecule is CC(=O)c1cc[c]cc1.[Br][Zn][Br]. The van der Waals surface area contributed by atoms with Crippen LogP contribution in [0.5, 0.6) is 0 Å². The summed E-state index contributed by atoms with van der Waals surface area (Å²) in [6, 6.07) is 9.81. The van der Waals surface area contributed by atoms with E-state index in [4.69, 9.17) is 0 Å². The Balaban J connectivity index is 0.000000354. The van der Waals surface area contributed by atoms with Crippen LogP contribution < -0.4 is 0 Å². The topological polar surface area (TPSA) is 17.1 Å². The van der Waals surface area contributed by atoms with Crippen molar-refractivity contribution < 1.29 is 18.0 Å². The van der Waals surface area contributed by atoms with E-state index < -0.39 is 0 Å². The molecule has 1 aromatic rings. The Morgan fingerprint density at radius 2 is 1.83 bits per heavy atom. The molecule has 61 valence electrons. The predicted octanol–water partition coefficient (Wildman–Crippen LogP) is 3.38. The van der Waals surface area contributed by atoms with Gasteiger partial charge in [-0.1, -0.05) is 24.3 Å². The molecule has 0 aliphatic heterocycles. The molecule has 0 aliphatic carbocycles. The van der Waals surface area contributed by atoms with Crippen molar-refractivity contribution in [3.63, 3.8) is 0 Å². The quantitative estimate of drug-likeness (QED) is 0.564. The molecule has 4 heteroatoms. The van der Waals surface area contributed by atoms with Gasteiger partial charge in [-0.15, -0.1) is 0 Å². The van der Waals surface area contributed by atoms with E-state index >= 15 is 0 Å².